The quantitative estimate of drug-likeness (QED) is 0.803. The Hall–Kier alpha value is -1.42. The highest BCUT2D eigenvalue weighted by molar-refractivity contribution is 5.82. The van der Waals surface area contributed by atoms with Crippen LogP contribution in [0.2, 0.25) is 0 Å². The van der Waals surface area contributed by atoms with E-state index in [9.17, 15) is 4.79 Å². The number of carbonyl (C=O) groups excluding carboxylic acids is 1. The normalized spacial score (nSPS) is 14.6. The van der Waals surface area contributed by atoms with Gasteiger partial charge >= 0.3 is 0 Å². The molecule has 1 rings (SSSR count). The van der Waals surface area contributed by atoms with Crippen molar-refractivity contribution in [2.75, 3.05) is 0 Å². The Morgan fingerprint density at radius 1 is 1.31 bits per heavy atom. The third-order valence-corrected chi connectivity index (χ3v) is 2.59. The van der Waals surface area contributed by atoms with Crippen LogP contribution in [-0.2, 0) is 4.79 Å². The fourth-order valence-electron chi connectivity index (χ4n) is 1.35. The van der Waals surface area contributed by atoms with Crippen molar-refractivity contribution in [1.82, 2.24) is 10.3 Å². The summed E-state index contributed by atoms with van der Waals surface area (Å²) in [6.07, 6.45) is 3.42. The van der Waals surface area contributed by atoms with Crippen LogP contribution in [0.1, 0.15) is 32.4 Å². The number of carbonyl (C=O) groups is 1. The fourth-order valence-corrected chi connectivity index (χ4v) is 1.35. The molecule has 0 spiro atoms. The van der Waals surface area contributed by atoms with E-state index in [0.717, 1.165) is 5.56 Å². The number of hydrogen-bond acceptors (Lipinski definition) is 3. The Labute approximate surface area is 96.3 Å². The first kappa shape index (κ1) is 12.6. The van der Waals surface area contributed by atoms with E-state index in [1.165, 1.54) is 0 Å². The maximum absolute atomic E-state index is 11.7. The van der Waals surface area contributed by atoms with Crippen molar-refractivity contribution in [3.63, 3.8) is 0 Å². The van der Waals surface area contributed by atoms with Gasteiger partial charge < -0.3 is 11.1 Å². The number of aromatic nitrogens is 1. The summed E-state index contributed by atoms with van der Waals surface area (Å²) in [6, 6.07) is 3.27. The summed E-state index contributed by atoms with van der Waals surface area (Å²) < 4.78 is 0. The molecule has 88 valence electrons. The van der Waals surface area contributed by atoms with E-state index in [2.05, 4.69) is 10.3 Å². The minimum atomic E-state index is -0.454. The lowest BCUT2D eigenvalue weighted by molar-refractivity contribution is -0.123. The van der Waals surface area contributed by atoms with Crippen molar-refractivity contribution in [2.45, 2.75) is 32.9 Å². The molecule has 0 unspecified atom stereocenters. The Kier molecular flexibility index (Phi) is 4.43. The summed E-state index contributed by atoms with van der Waals surface area (Å²) in [7, 11) is 0. The number of nitrogens with zero attached hydrogens (tertiary/aromatic N) is 1. The van der Waals surface area contributed by atoms with Crippen LogP contribution in [0.15, 0.2) is 24.5 Å². The number of amides is 1. The van der Waals surface area contributed by atoms with E-state index in [1.54, 1.807) is 12.4 Å². The van der Waals surface area contributed by atoms with Gasteiger partial charge in [-0.1, -0.05) is 13.8 Å². The molecule has 4 heteroatoms. The summed E-state index contributed by atoms with van der Waals surface area (Å²) in [5, 5.41) is 2.89. The molecule has 1 aromatic heterocycles. The maximum atomic E-state index is 11.7. The van der Waals surface area contributed by atoms with Gasteiger partial charge in [-0.05, 0) is 30.5 Å². The van der Waals surface area contributed by atoms with Crippen LogP contribution in [0.5, 0.6) is 0 Å². The molecular formula is C12H19N3O. The largest absolute Gasteiger partial charge is 0.348 e. The van der Waals surface area contributed by atoms with Crippen LogP contribution in [0.4, 0.5) is 0 Å². The van der Waals surface area contributed by atoms with Gasteiger partial charge in [0.25, 0.3) is 0 Å². The highest BCUT2D eigenvalue weighted by Gasteiger charge is 2.19. The first-order valence-electron chi connectivity index (χ1n) is 5.48. The smallest absolute Gasteiger partial charge is 0.237 e. The average Bonchev–Trinajstić information content (AvgIpc) is 2.28. The Morgan fingerprint density at radius 2 is 1.88 bits per heavy atom. The van der Waals surface area contributed by atoms with Crippen LogP contribution in [0.3, 0.4) is 0 Å². The molecule has 1 aromatic rings. The van der Waals surface area contributed by atoms with Gasteiger partial charge in [0.2, 0.25) is 5.91 Å². The van der Waals surface area contributed by atoms with Crippen LogP contribution >= 0.6 is 0 Å². The van der Waals surface area contributed by atoms with Crippen LogP contribution < -0.4 is 11.1 Å². The second kappa shape index (κ2) is 5.61. The van der Waals surface area contributed by atoms with Crippen LogP contribution in [-0.4, -0.2) is 16.9 Å². The van der Waals surface area contributed by atoms with Crippen molar-refractivity contribution >= 4 is 5.91 Å². The van der Waals surface area contributed by atoms with E-state index in [0.29, 0.717) is 0 Å². The molecular weight excluding hydrogens is 202 g/mol. The predicted molar refractivity (Wildman–Crippen MR) is 63.6 cm³/mol. The summed E-state index contributed by atoms with van der Waals surface area (Å²) in [6.45, 7) is 5.79. The number of hydrogen-bond donors (Lipinski definition) is 2. The van der Waals surface area contributed by atoms with Gasteiger partial charge in [0.15, 0.2) is 0 Å². The van der Waals surface area contributed by atoms with E-state index < -0.39 is 6.04 Å². The number of pyridine rings is 1. The topological polar surface area (TPSA) is 68.0 Å². The van der Waals surface area contributed by atoms with Gasteiger partial charge in [-0.15, -0.1) is 0 Å². The predicted octanol–water partition coefficient (Wildman–Crippen LogP) is 1.24. The van der Waals surface area contributed by atoms with Gasteiger partial charge in [0.05, 0.1) is 12.1 Å². The first-order chi connectivity index (χ1) is 7.52. The van der Waals surface area contributed by atoms with Crippen LogP contribution in [0.25, 0.3) is 0 Å². The lowest BCUT2D eigenvalue weighted by Crippen LogP contribution is -2.44. The third-order valence-electron chi connectivity index (χ3n) is 2.59. The number of nitrogens with one attached hydrogen (secondary N) is 1. The number of rotatable bonds is 4. The van der Waals surface area contributed by atoms with Gasteiger partial charge in [-0.3, -0.25) is 9.78 Å². The zero-order chi connectivity index (χ0) is 12.1. The summed E-state index contributed by atoms with van der Waals surface area (Å²) >= 11 is 0. The van der Waals surface area contributed by atoms with Gasteiger partial charge in [-0.2, -0.15) is 0 Å². The Morgan fingerprint density at radius 3 is 2.38 bits per heavy atom. The van der Waals surface area contributed by atoms with Crippen molar-refractivity contribution in [2.24, 2.45) is 11.7 Å². The molecule has 0 saturated heterocycles. The molecule has 2 atom stereocenters. The summed E-state index contributed by atoms with van der Waals surface area (Å²) in [5.41, 5.74) is 6.79. The molecule has 0 aliphatic heterocycles. The molecule has 3 N–H and O–H groups in total. The number of nitrogens with two attached hydrogens (primary N) is 1. The highest BCUT2D eigenvalue weighted by Crippen LogP contribution is 2.10. The van der Waals surface area contributed by atoms with Crippen molar-refractivity contribution in [1.29, 1.82) is 0 Å². The maximum Gasteiger partial charge on any atom is 0.237 e. The third kappa shape index (κ3) is 3.31. The Balaban J connectivity index is 2.58. The van der Waals surface area contributed by atoms with E-state index in [-0.39, 0.29) is 17.9 Å². The zero-order valence-corrected chi connectivity index (χ0v) is 9.97. The SMILES string of the molecule is CC(C)[C@H](N)C(=O)N[C@@H](C)c1ccncc1. The lowest BCUT2D eigenvalue weighted by atomic mass is 10.0. The van der Waals surface area contributed by atoms with Gasteiger partial charge in [0.1, 0.15) is 0 Å². The van der Waals surface area contributed by atoms with Gasteiger partial charge in [-0.25, -0.2) is 0 Å². The lowest BCUT2D eigenvalue weighted by Gasteiger charge is -2.19. The molecule has 0 aliphatic carbocycles. The molecule has 0 saturated carbocycles. The molecule has 1 amide bonds. The van der Waals surface area contributed by atoms with E-state index >= 15 is 0 Å². The molecule has 0 bridgehead atoms. The molecule has 16 heavy (non-hydrogen) atoms. The Bertz CT molecular complexity index is 337. The molecule has 4 nitrogen and oxygen atoms in total. The molecule has 0 fully saturated rings. The highest BCUT2D eigenvalue weighted by atomic mass is 16.2. The zero-order valence-electron chi connectivity index (χ0n) is 9.97. The monoisotopic (exact) mass is 221 g/mol. The standard InChI is InChI=1S/C12H19N3O/c1-8(2)11(13)12(16)15-9(3)10-4-6-14-7-5-10/h4-9,11H,13H2,1-3H3,(H,15,16)/t9-,11-/m0/s1. The summed E-state index contributed by atoms with van der Waals surface area (Å²) in [4.78, 5) is 15.6. The van der Waals surface area contributed by atoms with E-state index in [4.69, 9.17) is 5.73 Å². The van der Waals surface area contributed by atoms with Crippen molar-refractivity contribution < 1.29 is 4.79 Å². The van der Waals surface area contributed by atoms with E-state index in [1.807, 2.05) is 32.9 Å². The van der Waals surface area contributed by atoms with Crippen molar-refractivity contribution in [3.8, 4) is 0 Å². The average molecular weight is 221 g/mol. The summed E-state index contributed by atoms with van der Waals surface area (Å²) in [5.74, 6) is 0.0314. The van der Waals surface area contributed by atoms with Crippen LogP contribution in [0, 0.1) is 5.92 Å². The molecule has 1 heterocycles. The second-order valence-electron chi connectivity index (χ2n) is 4.28. The first-order valence-corrected chi connectivity index (χ1v) is 5.48. The minimum Gasteiger partial charge on any atom is -0.348 e. The van der Waals surface area contributed by atoms with Crippen molar-refractivity contribution in [3.05, 3.63) is 30.1 Å². The minimum absolute atomic E-state index is 0.0414. The fraction of sp³-hybridized carbons (Fsp3) is 0.500. The molecule has 0 radical (unpaired) electrons. The second-order valence-corrected chi connectivity index (χ2v) is 4.28. The molecule has 0 aliphatic rings. The van der Waals surface area contributed by atoms with Gasteiger partial charge in [0, 0.05) is 12.4 Å². The molecule has 0 aromatic carbocycles.